The van der Waals surface area contributed by atoms with Crippen molar-refractivity contribution in [2.45, 2.75) is 19.9 Å². The van der Waals surface area contributed by atoms with E-state index in [1.807, 2.05) is 25.9 Å². The molecule has 0 aromatic heterocycles. The first-order chi connectivity index (χ1) is 9.18. The zero-order valence-corrected chi connectivity index (χ0v) is 12.5. The molecule has 0 aromatic rings. The summed E-state index contributed by atoms with van der Waals surface area (Å²) in [6.07, 6.45) is 0. The van der Waals surface area contributed by atoms with Crippen LogP contribution in [0, 0.1) is 0 Å². The molecule has 0 saturated heterocycles. The zero-order valence-electron chi connectivity index (χ0n) is 12.5. The first-order valence-corrected chi connectivity index (χ1v) is 6.39. The Morgan fingerprint density at radius 2 is 1.75 bits per heavy atom. The second kappa shape index (κ2) is 8.36. The number of primary amides is 1. The highest BCUT2D eigenvalue weighted by Gasteiger charge is 2.26. The Morgan fingerprint density at radius 3 is 2.10 bits per heavy atom. The monoisotopic (exact) mass is 288 g/mol. The molecule has 0 saturated carbocycles. The average Bonchev–Trinajstić information content (AvgIpc) is 2.26. The van der Waals surface area contributed by atoms with Crippen LogP contribution in [-0.2, 0) is 9.59 Å². The number of hydrogen-bond donors (Lipinski definition) is 2. The van der Waals surface area contributed by atoms with Gasteiger partial charge in [0, 0.05) is 19.1 Å². The molecule has 20 heavy (non-hydrogen) atoms. The fourth-order valence-electron chi connectivity index (χ4n) is 1.99. The maximum absolute atomic E-state index is 12.3. The van der Waals surface area contributed by atoms with E-state index in [0.717, 1.165) is 4.90 Å². The van der Waals surface area contributed by atoms with Crippen molar-refractivity contribution in [3.8, 4) is 0 Å². The summed E-state index contributed by atoms with van der Waals surface area (Å²) in [7, 11) is 3.76. The number of carboxylic acids is 1. The summed E-state index contributed by atoms with van der Waals surface area (Å²) < 4.78 is 0. The van der Waals surface area contributed by atoms with E-state index in [-0.39, 0.29) is 6.04 Å². The summed E-state index contributed by atoms with van der Waals surface area (Å²) in [4.78, 5) is 38.5. The topological polar surface area (TPSA) is 107 Å². The predicted molar refractivity (Wildman–Crippen MR) is 74.2 cm³/mol. The van der Waals surface area contributed by atoms with Crippen LogP contribution < -0.4 is 5.73 Å². The number of likely N-dealkylation sites (N-methyl/N-ethyl adjacent to an activating group) is 2. The van der Waals surface area contributed by atoms with E-state index in [2.05, 4.69) is 0 Å². The normalized spacial score (nSPS) is 12.1. The van der Waals surface area contributed by atoms with Crippen molar-refractivity contribution in [2.75, 3.05) is 40.3 Å². The average molecular weight is 288 g/mol. The standard InChI is InChI=1S/C12H24N4O4/c1-5-16(9(2)6-14(3)4)12(20)15(7-10(13)17)8-11(18)19/h9H,5-8H2,1-4H3,(H2,13,17)(H,18,19). The number of carbonyl (C=O) groups is 3. The number of urea groups is 1. The number of amides is 3. The van der Waals surface area contributed by atoms with Crippen molar-refractivity contribution in [1.29, 1.82) is 0 Å². The SMILES string of the molecule is CCN(C(=O)N(CC(N)=O)CC(=O)O)C(C)CN(C)C. The second-order valence-corrected chi connectivity index (χ2v) is 4.90. The van der Waals surface area contributed by atoms with E-state index < -0.39 is 31.0 Å². The molecule has 116 valence electrons. The molecule has 0 heterocycles. The van der Waals surface area contributed by atoms with Gasteiger partial charge >= 0.3 is 12.0 Å². The minimum atomic E-state index is -1.18. The molecule has 8 heteroatoms. The molecule has 0 bridgehead atoms. The molecular formula is C12H24N4O4. The van der Waals surface area contributed by atoms with Gasteiger partial charge in [0.15, 0.2) is 0 Å². The van der Waals surface area contributed by atoms with E-state index in [9.17, 15) is 14.4 Å². The van der Waals surface area contributed by atoms with Crippen molar-refractivity contribution in [3.05, 3.63) is 0 Å². The molecular weight excluding hydrogens is 264 g/mol. The van der Waals surface area contributed by atoms with Gasteiger partial charge in [0.1, 0.15) is 13.1 Å². The van der Waals surface area contributed by atoms with Crippen LogP contribution in [0.5, 0.6) is 0 Å². The second-order valence-electron chi connectivity index (χ2n) is 4.90. The third-order valence-corrected chi connectivity index (χ3v) is 2.69. The first-order valence-electron chi connectivity index (χ1n) is 6.39. The predicted octanol–water partition coefficient (Wildman–Crippen LogP) is -0.750. The molecule has 0 fully saturated rings. The fraction of sp³-hybridized carbons (Fsp3) is 0.750. The lowest BCUT2D eigenvalue weighted by molar-refractivity contribution is -0.138. The number of hydrogen-bond acceptors (Lipinski definition) is 4. The largest absolute Gasteiger partial charge is 0.480 e. The molecule has 1 atom stereocenters. The maximum Gasteiger partial charge on any atom is 0.323 e. The van der Waals surface area contributed by atoms with Gasteiger partial charge in [0.2, 0.25) is 5.91 Å². The van der Waals surface area contributed by atoms with Gasteiger partial charge in [-0.1, -0.05) is 0 Å². The Morgan fingerprint density at radius 1 is 1.20 bits per heavy atom. The smallest absolute Gasteiger partial charge is 0.323 e. The van der Waals surface area contributed by atoms with Gasteiger partial charge in [0.05, 0.1) is 0 Å². The lowest BCUT2D eigenvalue weighted by Crippen LogP contribution is -2.52. The molecule has 0 spiro atoms. The van der Waals surface area contributed by atoms with Crippen LogP contribution >= 0.6 is 0 Å². The minimum Gasteiger partial charge on any atom is -0.480 e. The number of aliphatic carboxylic acids is 1. The minimum absolute atomic E-state index is 0.105. The van der Waals surface area contributed by atoms with E-state index >= 15 is 0 Å². The molecule has 0 radical (unpaired) electrons. The summed E-state index contributed by atoms with van der Waals surface area (Å²) >= 11 is 0. The fourth-order valence-corrected chi connectivity index (χ4v) is 1.99. The Balaban J connectivity index is 4.97. The van der Waals surface area contributed by atoms with Crippen LogP contribution in [0.2, 0.25) is 0 Å². The summed E-state index contributed by atoms with van der Waals surface area (Å²) in [5.41, 5.74) is 5.05. The molecule has 1 unspecified atom stereocenters. The first kappa shape index (κ1) is 18.2. The van der Waals surface area contributed by atoms with Crippen molar-refractivity contribution >= 4 is 17.9 Å². The molecule has 0 aromatic carbocycles. The van der Waals surface area contributed by atoms with Crippen molar-refractivity contribution in [1.82, 2.24) is 14.7 Å². The quantitative estimate of drug-likeness (QED) is 0.611. The maximum atomic E-state index is 12.3. The molecule has 0 aliphatic carbocycles. The van der Waals surface area contributed by atoms with Gasteiger partial charge in [-0.05, 0) is 27.9 Å². The Hall–Kier alpha value is -1.83. The molecule has 0 rings (SSSR count). The van der Waals surface area contributed by atoms with Crippen LogP contribution in [0.25, 0.3) is 0 Å². The summed E-state index contributed by atoms with van der Waals surface area (Å²) in [6.45, 7) is 3.76. The van der Waals surface area contributed by atoms with Gasteiger partial charge in [0.25, 0.3) is 0 Å². The summed E-state index contributed by atoms with van der Waals surface area (Å²) in [5.74, 6) is -1.92. The van der Waals surface area contributed by atoms with Gasteiger partial charge in [-0.25, -0.2) is 4.79 Å². The van der Waals surface area contributed by atoms with Gasteiger partial charge in [-0.15, -0.1) is 0 Å². The Labute approximate surface area is 119 Å². The number of rotatable bonds is 8. The highest BCUT2D eigenvalue weighted by atomic mass is 16.4. The molecule has 0 aliphatic heterocycles. The summed E-state index contributed by atoms with van der Waals surface area (Å²) in [5, 5.41) is 8.81. The van der Waals surface area contributed by atoms with Gasteiger partial charge in [-0.3, -0.25) is 9.59 Å². The lowest BCUT2D eigenvalue weighted by Gasteiger charge is -2.34. The van der Waals surface area contributed by atoms with Crippen LogP contribution in [0.1, 0.15) is 13.8 Å². The van der Waals surface area contributed by atoms with Crippen molar-refractivity contribution in [3.63, 3.8) is 0 Å². The number of carboxylic acid groups (broad SMARTS) is 1. The molecule has 3 N–H and O–H groups in total. The van der Waals surface area contributed by atoms with E-state index in [4.69, 9.17) is 10.8 Å². The molecule has 8 nitrogen and oxygen atoms in total. The van der Waals surface area contributed by atoms with E-state index in [0.29, 0.717) is 13.1 Å². The van der Waals surface area contributed by atoms with Crippen molar-refractivity contribution in [2.24, 2.45) is 5.73 Å². The Kier molecular flexibility index (Phi) is 7.60. The summed E-state index contributed by atoms with van der Waals surface area (Å²) in [6, 6.07) is -0.602. The molecule has 0 aliphatic rings. The lowest BCUT2D eigenvalue weighted by atomic mass is 10.2. The van der Waals surface area contributed by atoms with Crippen LogP contribution in [-0.4, -0.2) is 84.0 Å². The van der Waals surface area contributed by atoms with Gasteiger partial charge < -0.3 is 25.5 Å². The number of carbonyl (C=O) groups excluding carboxylic acids is 2. The van der Waals surface area contributed by atoms with Crippen LogP contribution in [0.4, 0.5) is 4.79 Å². The molecule has 3 amide bonds. The van der Waals surface area contributed by atoms with Crippen LogP contribution in [0.15, 0.2) is 0 Å². The number of nitrogens with two attached hydrogens (primary N) is 1. The van der Waals surface area contributed by atoms with Crippen molar-refractivity contribution < 1.29 is 19.5 Å². The van der Waals surface area contributed by atoms with Gasteiger partial charge in [-0.2, -0.15) is 0 Å². The van der Waals surface area contributed by atoms with E-state index in [1.165, 1.54) is 4.90 Å². The van der Waals surface area contributed by atoms with Crippen LogP contribution in [0.3, 0.4) is 0 Å². The highest BCUT2D eigenvalue weighted by molar-refractivity contribution is 5.86. The van der Waals surface area contributed by atoms with E-state index in [1.54, 1.807) is 6.92 Å². The third kappa shape index (κ3) is 6.37. The third-order valence-electron chi connectivity index (χ3n) is 2.69. The number of nitrogens with zero attached hydrogens (tertiary/aromatic N) is 3. The highest BCUT2D eigenvalue weighted by Crippen LogP contribution is 2.06. The zero-order chi connectivity index (χ0) is 15.9. The Bertz CT molecular complexity index is 343.